The Morgan fingerprint density at radius 1 is 1.43 bits per heavy atom. The van der Waals surface area contributed by atoms with E-state index in [1.807, 2.05) is 29.5 Å². The van der Waals surface area contributed by atoms with Crippen LogP contribution in [0.2, 0.25) is 0 Å². The van der Waals surface area contributed by atoms with Crippen LogP contribution in [-0.2, 0) is 9.53 Å². The summed E-state index contributed by atoms with van der Waals surface area (Å²) < 4.78 is 5.15. The van der Waals surface area contributed by atoms with Crippen LogP contribution in [0.15, 0.2) is 18.2 Å². The number of carbonyl (C=O) groups excluding carboxylic acids is 2. The molecule has 0 N–H and O–H groups in total. The first kappa shape index (κ1) is 17.3. The molecule has 0 aliphatic heterocycles. The smallest absolute Gasteiger partial charge is 0.325 e. The Morgan fingerprint density at radius 2 is 2.10 bits per heavy atom. The van der Waals surface area contributed by atoms with E-state index in [9.17, 15) is 19.7 Å². The molecule has 21 heavy (non-hydrogen) atoms. The van der Waals surface area contributed by atoms with Crippen LogP contribution in [0.4, 0.5) is 5.69 Å². The van der Waals surface area contributed by atoms with Gasteiger partial charge in [-0.25, -0.2) is 0 Å². The number of nitrogens with zero attached hydrogens (tertiary/aromatic N) is 2. The van der Waals surface area contributed by atoms with Crippen molar-refractivity contribution < 1.29 is 19.2 Å². The molecule has 1 aromatic carbocycles. The second-order valence-corrected chi connectivity index (χ2v) is 5.39. The van der Waals surface area contributed by atoms with Crippen molar-refractivity contribution in [2.24, 2.45) is 0 Å². The molecule has 7 nitrogen and oxygen atoms in total. The second kappa shape index (κ2) is 7.91. The molecule has 1 amide bonds. The number of hydrogen-bond acceptors (Lipinski definition) is 5. The molecule has 0 unspecified atom stereocenters. The Morgan fingerprint density at radius 3 is 2.62 bits per heavy atom. The fourth-order valence-electron chi connectivity index (χ4n) is 1.70. The highest BCUT2D eigenvalue weighted by atomic mass is 127. The number of non-ortho nitro benzene ring substituents is 1. The van der Waals surface area contributed by atoms with Crippen LogP contribution in [0.25, 0.3) is 0 Å². The Balaban J connectivity index is 3.10. The van der Waals surface area contributed by atoms with Gasteiger partial charge in [-0.05, 0) is 35.1 Å². The minimum Gasteiger partial charge on any atom is -0.468 e. The number of halogens is 1. The van der Waals surface area contributed by atoms with E-state index in [-0.39, 0.29) is 17.8 Å². The standard InChI is InChI=1S/C13H15IN2O5/c1-3-6-15(8-12(17)21-2)13(18)10-7-9(16(19)20)4-5-11(10)14/h4-5,7H,3,6,8H2,1-2H3. The fourth-order valence-corrected chi connectivity index (χ4v) is 2.27. The highest BCUT2D eigenvalue weighted by Crippen LogP contribution is 2.21. The summed E-state index contributed by atoms with van der Waals surface area (Å²) in [6.45, 7) is 2.06. The molecule has 0 saturated heterocycles. The van der Waals surface area contributed by atoms with Crippen molar-refractivity contribution in [3.63, 3.8) is 0 Å². The topological polar surface area (TPSA) is 89.8 Å². The Labute approximate surface area is 135 Å². The summed E-state index contributed by atoms with van der Waals surface area (Å²) in [5, 5.41) is 10.8. The number of methoxy groups -OCH3 is 1. The molecule has 0 aromatic heterocycles. The van der Waals surface area contributed by atoms with Gasteiger partial charge in [0.25, 0.3) is 11.6 Å². The molecule has 0 saturated carbocycles. The minimum absolute atomic E-state index is 0.159. The van der Waals surface area contributed by atoms with Crippen LogP contribution in [0, 0.1) is 13.7 Å². The van der Waals surface area contributed by atoms with Gasteiger partial charge in [0.05, 0.1) is 17.6 Å². The summed E-state index contributed by atoms with van der Waals surface area (Å²) in [6.07, 6.45) is 0.661. The van der Waals surface area contributed by atoms with Crippen molar-refractivity contribution in [1.29, 1.82) is 0 Å². The van der Waals surface area contributed by atoms with Gasteiger partial charge in [0, 0.05) is 22.2 Å². The van der Waals surface area contributed by atoms with Crippen LogP contribution < -0.4 is 0 Å². The van der Waals surface area contributed by atoms with Crippen molar-refractivity contribution in [1.82, 2.24) is 4.90 Å². The van der Waals surface area contributed by atoms with Gasteiger partial charge in [0.2, 0.25) is 0 Å². The number of nitro benzene ring substituents is 1. The van der Waals surface area contributed by atoms with Gasteiger partial charge < -0.3 is 9.64 Å². The third-order valence-corrected chi connectivity index (χ3v) is 3.66. The number of benzene rings is 1. The predicted octanol–water partition coefficient (Wildman–Crippen LogP) is 2.22. The van der Waals surface area contributed by atoms with Crippen molar-refractivity contribution in [2.75, 3.05) is 20.2 Å². The average Bonchev–Trinajstić information content (AvgIpc) is 2.46. The number of esters is 1. The maximum absolute atomic E-state index is 12.5. The van der Waals surface area contributed by atoms with Crippen LogP contribution >= 0.6 is 22.6 Å². The quantitative estimate of drug-likeness (QED) is 0.313. The van der Waals surface area contributed by atoms with Crippen molar-refractivity contribution >= 4 is 40.2 Å². The number of rotatable bonds is 6. The highest BCUT2D eigenvalue weighted by molar-refractivity contribution is 14.1. The third kappa shape index (κ3) is 4.66. The summed E-state index contributed by atoms with van der Waals surface area (Å²) >= 11 is 1.93. The van der Waals surface area contributed by atoms with Gasteiger partial charge in [-0.1, -0.05) is 6.92 Å². The van der Waals surface area contributed by atoms with Gasteiger partial charge in [-0.15, -0.1) is 0 Å². The molecule has 114 valence electrons. The predicted molar refractivity (Wildman–Crippen MR) is 84.0 cm³/mol. The lowest BCUT2D eigenvalue weighted by Crippen LogP contribution is -2.37. The van der Waals surface area contributed by atoms with Gasteiger partial charge in [-0.2, -0.15) is 0 Å². The number of amides is 1. The summed E-state index contributed by atoms with van der Waals surface area (Å²) in [4.78, 5) is 35.4. The molecular weight excluding hydrogens is 391 g/mol. The van der Waals surface area contributed by atoms with Gasteiger partial charge in [-0.3, -0.25) is 19.7 Å². The molecular formula is C13H15IN2O5. The Bertz CT molecular complexity index is 561. The molecule has 0 aliphatic carbocycles. The van der Waals surface area contributed by atoms with Crippen molar-refractivity contribution in [3.8, 4) is 0 Å². The summed E-state index contributed by atoms with van der Waals surface area (Å²) in [5.41, 5.74) is 0.0513. The lowest BCUT2D eigenvalue weighted by Gasteiger charge is -2.21. The molecule has 1 aromatic rings. The monoisotopic (exact) mass is 406 g/mol. The maximum Gasteiger partial charge on any atom is 0.325 e. The fraction of sp³-hybridized carbons (Fsp3) is 0.385. The zero-order valence-corrected chi connectivity index (χ0v) is 13.8. The third-order valence-electron chi connectivity index (χ3n) is 2.72. The molecule has 0 radical (unpaired) electrons. The van der Waals surface area contributed by atoms with Gasteiger partial charge in [0.15, 0.2) is 0 Å². The van der Waals surface area contributed by atoms with E-state index in [2.05, 4.69) is 4.74 Å². The molecule has 1 rings (SSSR count). The normalized spacial score (nSPS) is 10.0. The van der Waals surface area contributed by atoms with E-state index in [4.69, 9.17) is 0 Å². The average molecular weight is 406 g/mol. The first-order valence-electron chi connectivity index (χ1n) is 6.20. The number of ether oxygens (including phenoxy) is 1. The highest BCUT2D eigenvalue weighted by Gasteiger charge is 2.22. The van der Waals surface area contributed by atoms with E-state index in [1.165, 1.54) is 30.2 Å². The second-order valence-electron chi connectivity index (χ2n) is 4.22. The van der Waals surface area contributed by atoms with Crippen LogP contribution in [-0.4, -0.2) is 41.9 Å². The Kier molecular flexibility index (Phi) is 6.53. The van der Waals surface area contributed by atoms with E-state index < -0.39 is 16.8 Å². The Hall–Kier alpha value is -1.71. The van der Waals surface area contributed by atoms with E-state index in [0.717, 1.165) is 0 Å². The first-order valence-corrected chi connectivity index (χ1v) is 7.28. The largest absolute Gasteiger partial charge is 0.468 e. The van der Waals surface area contributed by atoms with Crippen molar-refractivity contribution in [3.05, 3.63) is 37.4 Å². The molecule has 0 bridgehead atoms. The van der Waals surface area contributed by atoms with E-state index in [0.29, 0.717) is 16.5 Å². The number of nitro groups is 1. The summed E-state index contributed by atoms with van der Waals surface area (Å²) in [5.74, 6) is -0.951. The molecule has 0 heterocycles. The van der Waals surface area contributed by atoms with Crippen LogP contribution in [0.5, 0.6) is 0 Å². The maximum atomic E-state index is 12.5. The van der Waals surface area contributed by atoms with Crippen LogP contribution in [0.3, 0.4) is 0 Å². The molecule has 0 spiro atoms. The summed E-state index contributed by atoms with van der Waals surface area (Å²) in [7, 11) is 1.24. The zero-order chi connectivity index (χ0) is 16.0. The van der Waals surface area contributed by atoms with Crippen molar-refractivity contribution in [2.45, 2.75) is 13.3 Å². The van der Waals surface area contributed by atoms with Gasteiger partial charge in [0.1, 0.15) is 6.54 Å². The molecule has 0 fully saturated rings. The van der Waals surface area contributed by atoms with E-state index in [1.54, 1.807) is 0 Å². The first-order chi connectivity index (χ1) is 9.90. The number of carbonyl (C=O) groups is 2. The lowest BCUT2D eigenvalue weighted by atomic mass is 10.1. The SMILES string of the molecule is CCCN(CC(=O)OC)C(=O)c1cc([N+](=O)[O-])ccc1I. The molecule has 0 atom stereocenters. The summed E-state index contributed by atoms with van der Waals surface area (Å²) in [6, 6.07) is 4.07. The zero-order valence-electron chi connectivity index (χ0n) is 11.7. The van der Waals surface area contributed by atoms with Crippen LogP contribution in [0.1, 0.15) is 23.7 Å². The van der Waals surface area contributed by atoms with Gasteiger partial charge >= 0.3 is 5.97 Å². The number of hydrogen-bond donors (Lipinski definition) is 0. The molecule has 0 aliphatic rings. The molecule has 8 heteroatoms. The van der Waals surface area contributed by atoms with E-state index >= 15 is 0 Å². The minimum atomic E-state index is -0.558. The lowest BCUT2D eigenvalue weighted by molar-refractivity contribution is -0.384.